The zero-order valence-corrected chi connectivity index (χ0v) is 18.3. The van der Waals surface area contributed by atoms with Crippen LogP contribution in [-0.2, 0) is 6.54 Å². The average molecular weight is 446 g/mol. The first-order chi connectivity index (χ1) is 14.3. The summed E-state index contributed by atoms with van der Waals surface area (Å²) in [5, 5.41) is 5.01. The van der Waals surface area contributed by atoms with Crippen LogP contribution >= 0.6 is 24.0 Å². The predicted molar refractivity (Wildman–Crippen MR) is 120 cm³/mol. The molecule has 1 saturated heterocycles. The predicted octanol–water partition coefficient (Wildman–Crippen LogP) is 4.80. The Morgan fingerprint density at radius 3 is 2.73 bits per heavy atom. The molecule has 1 aliphatic heterocycles. The summed E-state index contributed by atoms with van der Waals surface area (Å²) in [7, 11) is 0. The van der Waals surface area contributed by atoms with Gasteiger partial charge in [-0.05, 0) is 43.0 Å². The molecule has 0 radical (unpaired) electrons. The van der Waals surface area contributed by atoms with Crippen LogP contribution in [0.5, 0.6) is 0 Å². The van der Waals surface area contributed by atoms with Crippen molar-refractivity contribution in [3.63, 3.8) is 0 Å². The van der Waals surface area contributed by atoms with Crippen LogP contribution in [-0.4, -0.2) is 46.2 Å². The molecule has 2 aliphatic rings. The maximum absolute atomic E-state index is 6.36. The van der Waals surface area contributed by atoms with Gasteiger partial charge in [-0.25, -0.2) is 4.98 Å². The van der Waals surface area contributed by atoms with E-state index in [1.165, 1.54) is 5.56 Å². The topological polar surface area (TPSA) is 58.3 Å². The van der Waals surface area contributed by atoms with Gasteiger partial charge < -0.3 is 9.42 Å². The molecule has 0 amide bonds. The fourth-order valence-electron chi connectivity index (χ4n) is 3.88. The van der Waals surface area contributed by atoms with E-state index in [-0.39, 0.29) is 12.4 Å². The molecule has 0 spiro atoms. The molecular formula is C22H25Cl2N5O. The minimum Gasteiger partial charge on any atom is -0.355 e. The number of anilines is 1. The zero-order chi connectivity index (χ0) is 19.6. The average Bonchev–Trinajstić information content (AvgIpc) is 3.53. The highest BCUT2D eigenvalue weighted by molar-refractivity contribution is 6.31. The van der Waals surface area contributed by atoms with Crippen molar-refractivity contribution in [2.75, 3.05) is 31.1 Å². The summed E-state index contributed by atoms with van der Waals surface area (Å²) in [5.41, 5.74) is 2.10. The Bertz CT molecular complexity index is 991. The van der Waals surface area contributed by atoms with Crippen molar-refractivity contribution >= 4 is 29.8 Å². The molecule has 158 valence electrons. The number of rotatable bonds is 5. The number of aromatic nitrogens is 3. The molecule has 0 N–H and O–H groups in total. The Kier molecular flexibility index (Phi) is 6.56. The molecule has 30 heavy (non-hydrogen) atoms. The molecule has 0 bridgehead atoms. The Hall–Kier alpha value is -2.15. The van der Waals surface area contributed by atoms with Crippen molar-refractivity contribution in [1.82, 2.24) is 20.0 Å². The van der Waals surface area contributed by atoms with Gasteiger partial charge in [0.15, 0.2) is 5.82 Å². The van der Waals surface area contributed by atoms with E-state index >= 15 is 0 Å². The molecule has 0 unspecified atom stereocenters. The van der Waals surface area contributed by atoms with Crippen LogP contribution in [0.1, 0.15) is 36.6 Å². The molecule has 2 fully saturated rings. The molecular weight excluding hydrogens is 421 g/mol. The van der Waals surface area contributed by atoms with Crippen molar-refractivity contribution in [2.45, 2.75) is 31.7 Å². The van der Waals surface area contributed by atoms with Gasteiger partial charge in [0.2, 0.25) is 0 Å². The van der Waals surface area contributed by atoms with Crippen LogP contribution in [0, 0.1) is 0 Å². The number of nitrogens with zero attached hydrogens (tertiary/aromatic N) is 5. The number of benzene rings is 1. The normalized spacial score (nSPS) is 17.4. The van der Waals surface area contributed by atoms with Gasteiger partial charge >= 0.3 is 0 Å². The summed E-state index contributed by atoms with van der Waals surface area (Å²) in [4.78, 5) is 14.1. The Morgan fingerprint density at radius 2 is 1.90 bits per heavy atom. The third kappa shape index (κ3) is 4.61. The van der Waals surface area contributed by atoms with Crippen molar-refractivity contribution in [3.05, 3.63) is 59.0 Å². The van der Waals surface area contributed by atoms with Gasteiger partial charge in [0.1, 0.15) is 5.82 Å². The first kappa shape index (κ1) is 21.1. The van der Waals surface area contributed by atoms with E-state index in [9.17, 15) is 0 Å². The first-order valence-electron chi connectivity index (χ1n) is 10.3. The van der Waals surface area contributed by atoms with Gasteiger partial charge in [0, 0.05) is 49.9 Å². The largest absolute Gasteiger partial charge is 0.355 e. The summed E-state index contributed by atoms with van der Waals surface area (Å²) in [6.07, 6.45) is 5.22. The lowest BCUT2D eigenvalue weighted by molar-refractivity contribution is 0.285. The highest BCUT2D eigenvalue weighted by Crippen LogP contribution is 2.39. The van der Waals surface area contributed by atoms with E-state index in [1.54, 1.807) is 0 Å². The molecule has 1 aromatic carbocycles. The van der Waals surface area contributed by atoms with Crippen molar-refractivity contribution in [2.24, 2.45) is 0 Å². The fourth-order valence-corrected chi connectivity index (χ4v) is 4.07. The molecule has 2 aromatic heterocycles. The molecule has 1 saturated carbocycles. The number of hydrogen-bond donors (Lipinski definition) is 0. The third-order valence-electron chi connectivity index (χ3n) is 5.64. The minimum absolute atomic E-state index is 0. The summed E-state index contributed by atoms with van der Waals surface area (Å²) in [6, 6.07) is 12.0. The van der Waals surface area contributed by atoms with Gasteiger partial charge in [-0.3, -0.25) is 4.90 Å². The lowest BCUT2D eigenvalue weighted by Gasteiger charge is -2.24. The quantitative estimate of drug-likeness (QED) is 0.562. The fraction of sp³-hybridized carbons (Fsp3) is 0.409. The molecule has 3 aromatic rings. The summed E-state index contributed by atoms with van der Waals surface area (Å²) < 4.78 is 5.58. The van der Waals surface area contributed by atoms with Crippen molar-refractivity contribution < 1.29 is 4.52 Å². The van der Waals surface area contributed by atoms with E-state index in [0.717, 1.165) is 74.2 Å². The lowest BCUT2D eigenvalue weighted by Crippen LogP contribution is -2.31. The maximum Gasteiger partial charge on any atom is 0.261 e. The van der Waals surface area contributed by atoms with E-state index in [4.69, 9.17) is 16.1 Å². The lowest BCUT2D eigenvalue weighted by atomic mass is 10.2. The van der Waals surface area contributed by atoms with E-state index in [0.29, 0.717) is 11.8 Å². The number of hydrogen-bond acceptors (Lipinski definition) is 6. The zero-order valence-electron chi connectivity index (χ0n) is 16.7. The van der Waals surface area contributed by atoms with Crippen LogP contribution in [0.2, 0.25) is 5.02 Å². The van der Waals surface area contributed by atoms with E-state index in [2.05, 4.69) is 31.0 Å². The molecule has 1 aliphatic carbocycles. The first-order valence-corrected chi connectivity index (χ1v) is 10.7. The van der Waals surface area contributed by atoms with Crippen molar-refractivity contribution in [1.29, 1.82) is 0 Å². The van der Waals surface area contributed by atoms with Gasteiger partial charge in [-0.15, -0.1) is 12.4 Å². The standard InChI is InChI=1S/C22H24ClN5O.ClH/c23-19-7-2-1-5-17(19)15-27-11-4-12-28(14-13-27)21-18(6-3-10-24-21)22-25-20(26-29-22)16-8-9-16;/h1-3,5-7,10,16H,4,8-9,11-15H2;1H. The molecule has 6 nitrogen and oxygen atoms in total. The van der Waals surface area contributed by atoms with Crippen LogP contribution in [0.15, 0.2) is 47.1 Å². The van der Waals surface area contributed by atoms with Crippen molar-refractivity contribution in [3.8, 4) is 11.5 Å². The SMILES string of the molecule is Cl.Clc1ccccc1CN1CCCN(c2ncccc2-c2nc(C3CC3)no2)CC1. The second kappa shape index (κ2) is 9.33. The number of pyridine rings is 1. The summed E-state index contributed by atoms with van der Waals surface area (Å²) in [6.45, 7) is 4.72. The minimum atomic E-state index is 0. The van der Waals surface area contributed by atoms with Gasteiger partial charge in [-0.2, -0.15) is 4.98 Å². The van der Waals surface area contributed by atoms with Crippen LogP contribution in [0.4, 0.5) is 5.82 Å². The molecule has 8 heteroatoms. The second-order valence-corrected chi connectivity index (χ2v) is 8.22. The highest BCUT2D eigenvalue weighted by Gasteiger charge is 2.30. The van der Waals surface area contributed by atoms with Gasteiger partial charge in [-0.1, -0.05) is 35.0 Å². The van der Waals surface area contributed by atoms with Gasteiger partial charge in [0.05, 0.1) is 5.56 Å². The molecule has 5 rings (SSSR count). The highest BCUT2D eigenvalue weighted by atomic mass is 35.5. The Labute approximate surface area is 187 Å². The monoisotopic (exact) mass is 445 g/mol. The Morgan fingerprint density at radius 1 is 1.03 bits per heavy atom. The van der Waals surface area contributed by atoms with Crippen LogP contribution in [0.3, 0.4) is 0 Å². The summed E-state index contributed by atoms with van der Waals surface area (Å²) in [5.74, 6) is 2.81. The van der Waals surface area contributed by atoms with Gasteiger partial charge in [0.25, 0.3) is 5.89 Å². The maximum atomic E-state index is 6.36. The molecule has 0 atom stereocenters. The van der Waals surface area contributed by atoms with Crippen LogP contribution in [0.25, 0.3) is 11.5 Å². The van der Waals surface area contributed by atoms with Crippen LogP contribution < -0.4 is 4.90 Å². The van der Waals surface area contributed by atoms with E-state index in [1.807, 2.05) is 36.5 Å². The summed E-state index contributed by atoms with van der Waals surface area (Å²) >= 11 is 6.36. The van der Waals surface area contributed by atoms with E-state index < -0.39 is 0 Å². The Balaban J connectivity index is 0.00000218. The second-order valence-electron chi connectivity index (χ2n) is 7.81. The third-order valence-corrected chi connectivity index (χ3v) is 6.01. The molecule has 3 heterocycles. The smallest absolute Gasteiger partial charge is 0.261 e. The number of halogens is 2.